The van der Waals surface area contributed by atoms with Gasteiger partial charge in [-0.25, -0.2) is 4.79 Å². The van der Waals surface area contributed by atoms with E-state index in [0.29, 0.717) is 22.6 Å². The number of rotatable bonds is 6. The number of benzene rings is 3. The average Bonchev–Trinajstić information content (AvgIpc) is 2.79. The SMILES string of the molecule is COc1cc(/C=C(\C#N)C(=O)Nc2ccccc2)ccc1OC(=O)c1ccccc1. The van der Waals surface area contributed by atoms with Gasteiger partial charge < -0.3 is 14.8 Å². The third-order valence-electron chi connectivity index (χ3n) is 4.11. The highest BCUT2D eigenvalue weighted by molar-refractivity contribution is 6.09. The smallest absolute Gasteiger partial charge is 0.343 e. The zero-order valence-electron chi connectivity index (χ0n) is 16.2. The summed E-state index contributed by atoms with van der Waals surface area (Å²) in [5, 5.41) is 12.0. The first-order valence-electron chi connectivity index (χ1n) is 9.04. The summed E-state index contributed by atoms with van der Waals surface area (Å²) in [4.78, 5) is 24.6. The van der Waals surface area contributed by atoms with E-state index in [1.807, 2.05) is 12.1 Å². The lowest BCUT2D eigenvalue weighted by Crippen LogP contribution is -2.13. The summed E-state index contributed by atoms with van der Waals surface area (Å²) in [6.07, 6.45) is 1.43. The summed E-state index contributed by atoms with van der Waals surface area (Å²) in [5.74, 6) is -0.510. The van der Waals surface area contributed by atoms with Crippen LogP contribution in [0.1, 0.15) is 15.9 Å². The lowest BCUT2D eigenvalue weighted by molar-refractivity contribution is -0.112. The fourth-order valence-electron chi connectivity index (χ4n) is 2.63. The molecular weight excluding hydrogens is 380 g/mol. The van der Waals surface area contributed by atoms with E-state index in [1.54, 1.807) is 72.8 Å². The predicted molar refractivity (Wildman–Crippen MR) is 113 cm³/mol. The number of ether oxygens (including phenoxy) is 2. The minimum atomic E-state index is -0.526. The van der Waals surface area contributed by atoms with Crippen LogP contribution in [0.2, 0.25) is 0 Å². The molecule has 0 saturated heterocycles. The van der Waals surface area contributed by atoms with Crippen molar-refractivity contribution in [3.8, 4) is 17.6 Å². The second kappa shape index (κ2) is 9.71. The zero-order valence-corrected chi connectivity index (χ0v) is 16.2. The van der Waals surface area contributed by atoms with Crippen LogP contribution in [-0.2, 0) is 4.79 Å². The third-order valence-corrected chi connectivity index (χ3v) is 4.11. The molecule has 3 aromatic rings. The molecule has 0 radical (unpaired) electrons. The molecule has 0 atom stereocenters. The van der Waals surface area contributed by atoms with Crippen molar-refractivity contribution < 1.29 is 19.1 Å². The fraction of sp³-hybridized carbons (Fsp3) is 0.0417. The minimum Gasteiger partial charge on any atom is -0.493 e. The Morgan fingerprint density at radius 3 is 2.23 bits per heavy atom. The summed E-state index contributed by atoms with van der Waals surface area (Å²) in [6, 6.07) is 24.1. The maximum Gasteiger partial charge on any atom is 0.343 e. The normalized spacial score (nSPS) is 10.6. The van der Waals surface area contributed by atoms with Crippen LogP contribution < -0.4 is 14.8 Å². The number of nitrogens with one attached hydrogen (secondary N) is 1. The maximum atomic E-state index is 12.4. The summed E-state index contributed by atoms with van der Waals surface area (Å²) in [6.45, 7) is 0. The van der Waals surface area contributed by atoms with Gasteiger partial charge in [-0.2, -0.15) is 5.26 Å². The second-order valence-corrected chi connectivity index (χ2v) is 6.16. The van der Waals surface area contributed by atoms with Crippen molar-refractivity contribution in [1.82, 2.24) is 0 Å². The van der Waals surface area contributed by atoms with Gasteiger partial charge in [-0.15, -0.1) is 0 Å². The van der Waals surface area contributed by atoms with Gasteiger partial charge in [0.1, 0.15) is 11.6 Å². The molecule has 0 aliphatic carbocycles. The molecule has 1 N–H and O–H groups in total. The highest BCUT2D eigenvalue weighted by atomic mass is 16.6. The van der Waals surface area contributed by atoms with E-state index in [4.69, 9.17) is 9.47 Å². The summed E-state index contributed by atoms with van der Waals surface area (Å²) >= 11 is 0. The highest BCUT2D eigenvalue weighted by Crippen LogP contribution is 2.29. The van der Waals surface area contributed by atoms with Crippen LogP contribution in [0, 0.1) is 11.3 Å². The fourth-order valence-corrected chi connectivity index (χ4v) is 2.63. The monoisotopic (exact) mass is 398 g/mol. The van der Waals surface area contributed by atoms with Gasteiger partial charge in [-0.1, -0.05) is 42.5 Å². The van der Waals surface area contributed by atoms with Crippen LogP contribution in [0.4, 0.5) is 5.69 Å². The molecule has 6 heteroatoms. The number of amides is 1. The number of nitriles is 1. The first-order chi connectivity index (χ1) is 14.6. The van der Waals surface area contributed by atoms with Gasteiger partial charge in [0, 0.05) is 5.69 Å². The quantitative estimate of drug-likeness (QED) is 0.287. The van der Waals surface area contributed by atoms with Crippen molar-refractivity contribution in [3.05, 3.63) is 95.6 Å². The summed E-state index contributed by atoms with van der Waals surface area (Å²) < 4.78 is 10.7. The highest BCUT2D eigenvalue weighted by Gasteiger charge is 2.14. The Morgan fingerprint density at radius 1 is 0.933 bits per heavy atom. The topological polar surface area (TPSA) is 88.4 Å². The Bertz CT molecular complexity index is 1120. The van der Waals surface area contributed by atoms with Crippen molar-refractivity contribution in [3.63, 3.8) is 0 Å². The van der Waals surface area contributed by atoms with Crippen molar-refractivity contribution in [1.29, 1.82) is 5.26 Å². The van der Waals surface area contributed by atoms with Crippen LogP contribution >= 0.6 is 0 Å². The molecule has 0 spiro atoms. The minimum absolute atomic E-state index is 0.0741. The Labute approximate surface area is 174 Å². The molecule has 0 saturated carbocycles. The van der Waals surface area contributed by atoms with E-state index < -0.39 is 11.9 Å². The van der Waals surface area contributed by atoms with Crippen LogP contribution in [-0.4, -0.2) is 19.0 Å². The van der Waals surface area contributed by atoms with Gasteiger partial charge in [-0.05, 0) is 48.0 Å². The Balaban J connectivity index is 1.80. The molecule has 0 fully saturated rings. The Hall–Kier alpha value is -4.37. The van der Waals surface area contributed by atoms with Gasteiger partial charge in [0.2, 0.25) is 0 Å². The molecule has 0 aliphatic rings. The van der Waals surface area contributed by atoms with Crippen LogP contribution in [0.15, 0.2) is 84.4 Å². The van der Waals surface area contributed by atoms with E-state index in [1.165, 1.54) is 13.2 Å². The van der Waals surface area contributed by atoms with Crippen LogP contribution in [0.5, 0.6) is 11.5 Å². The van der Waals surface area contributed by atoms with E-state index in [9.17, 15) is 14.9 Å². The van der Waals surface area contributed by atoms with Crippen molar-refractivity contribution >= 4 is 23.6 Å². The molecule has 6 nitrogen and oxygen atoms in total. The Morgan fingerprint density at radius 2 is 1.60 bits per heavy atom. The molecule has 0 bridgehead atoms. The number of para-hydroxylation sites is 1. The van der Waals surface area contributed by atoms with E-state index in [-0.39, 0.29) is 11.3 Å². The largest absolute Gasteiger partial charge is 0.493 e. The van der Waals surface area contributed by atoms with E-state index >= 15 is 0 Å². The molecule has 148 valence electrons. The first-order valence-corrected chi connectivity index (χ1v) is 9.04. The van der Waals surface area contributed by atoms with Gasteiger partial charge >= 0.3 is 5.97 Å². The average molecular weight is 398 g/mol. The number of carbonyl (C=O) groups excluding carboxylic acids is 2. The second-order valence-electron chi connectivity index (χ2n) is 6.16. The third kappa shape index (κ3) is 5.12. The van der Waals surface area contributed by atoms with Crippen molar-refractivity contribution in [2.45, 2.75) is 0 Å². The Kier molecular flexibility index (Phi) is 6.59. The number of carbonyl (C=O) groups is 2. The summed E-state index contributed by atoms with van der Waals surface area (Å²) in [5.41, 5.74) is 1.47. The van der Waals surface area contributed by atoms with E-state index in [0.717, 1.165) is 0 Å². The lowest BCUT2D eigenvalue weighted by atomic mass is 10.1. The number of hydrogen-bond acceptors (Lipinski definition) is 5. The van der Waals surface area contributed by atoms with Crippen LogP contribution in [0.3, 0.4) is 0 Å². The standard InChI is InChI=1S/C24H18N2O4/c1-29-22-15-17(12-13-21(22)30-24(28)18-8-4-2-5-9-18)14-19(16-25)23(27)26-20-10-6-3-7-11-20/h2-15H,1H3,(H,26,27)/b19-14+. The number of hydrogen-bond donors (Lipinski definition) is 1. The van der Waals surface area contributed by atoms with Crippen LogP contribution in [0.25, 0.3) is 6.08 Å². The van der Waals surface area contributed by atoms with Gasteiger partial charge in [0.05, 0.1) is 12.7 Å². The first kappa shape index (κ1) is 20.4. The molecule has 3 rings (SSSR count). The molecular formula is C24H18N2O4. The number of nitrogens with zero attached hydrogens (tertiary/aromatic N) is 1. The lowest BCUT2D eigenvalue weighted by Gasteiger charge is -2.10. The van der Waals surface area contributed by atoms with Crippen molar-refractivity contribution in [2.75, 3.05) is 12.4 Å². The summed E-state index contributed by atoms with van der Waals surface area (Å²) in [7, 11) is 1.44. The van der Waals surface area contributed by atoms with E-state index in [2.05, 4.69) is 5.32 Å². The molecule has 0 unspecified atom stereocenters. The van der Waals surface area contributed by atoms with Gasteiger partial charge in [0.15, 0.2) is 11.5 Å². The zero-order chi connectivity index (χ0) is 21.3. The molecule has 0 heterocycles. The van der Waals surface area contributed by atoms with Gasteiger partial charge in [-0.3, -0.25) is 4.79 Å². The molecule has 0 aromatic heterocycles. The van der Waals surface area contributed by atoms with Gasteiger partial charge in [0.25, 0.3) is 5.91 Å². The maximum absolute atomic E-state index is 12.4. The molecule has 0 aliphatic heterocycles. The number of methoxy groups -OCH3 is 1. The molecule has 3 aromatic carbocycles. The molecule has 1 amide bonds. The number of anilines is 1. The van der Waals surface area contributed by atoms with Crippen molar-refractivity contribution in [2.24, 2.45) is 0 Å². The molecule has 30 heavy (non-hydrogen) atoms. The predicted octanol–water partition coefficient (Wildman–Crippen LogP) is 4.46. The number of esters is 1.